The lowest BCUT2D eigenvalue weighted by Gasteiger charge is -2.32. The number of carbonyl (C=O) groups excluding carboxylic acids is 2. The Morgan fingerprint density at radius 3 is 2.64 bits per heavy atom. The third kappa shape index (κ3) is 5.17. The lowest BCUT2D eigenvalue weighted by Crippen LogP contribution is -2.43. The molecule has 0 radical (unpaired) electrons. The number of nitrogens with zero attached hydrogens (tertiary/aromatic N) is 2. The highest BCUT2D eigenvalue weighted by Gasteiger charge is 2.29. The van der Waals surface area contributed by atoms with Crippen molar-refractivity contribution >= 4 is 28.3 Å². The largest absolute Gasteiger partial charge is 0.497 e. The summed E-state index contributed by atoms with van der Waals surface area (Å²) in [6, 6.07) is 13.0. The molecule has 4 rings (SSSR count). The quantitative estimate of drug-likeness (QED) is 0.574. The van der Waals surface area contributed by atoms with Crippen molar-refractivity contribution in [2.24, 2.45) is 5.92 Å². The summed E-state index contributed by atoms with van der Waals surface area (Å²) in [4.78, 5) is 32.2. The zero-order valence-corrected chi connectivity index (χ0v) is 19.8. The minimum absolute atomic E-state index is 0.0332. The second-order valence-electron chi connectivity index (χ2n) is 8.05. The molecule has 0 spiro atoms. The SMILES string of the molecule is COc1ccc(OC)c(-c2csc(NC(=O)C3CCCN(C(=O)c4ccc(C)cc4)C3)n2)c1. The number of rotatable bonds is 6. The number of likely N-dealkylation sites (tertiary alicyclic amines) is 1. The molecule has 33 heavy (non-hydrogen) atoms. The Morgan fingerprint density at radius 2 is 1.91 bits per heavy atom. The van der Waals surface area contributed by atoms with E-state index in [4.69, 9.17) is 9.47 Å². The number of hydrogen-bond donors (Lipinski definition) is 1. The Morgan fingerprint density at radius 1 is 1.12 bits per heavy atom. The molecule has 2 amide bonds. The molecule has 8 heteroatoms. The molecular formula is C25H27N3O4S. The molecule has 0 saturated carbocycles. The molecule has 1 aliphatic heterocycles. The third-order valence-electron chi connectivity index (χ3n) is 5.79. The molecule has 1 fully saturated rings. The zero-order chi connectivity index (χ0) is 23.4. The number of aryl methyl sites for hydroxylation is 1. The van der Waals surface area contributed by atoms with Gasteiger partial charge >= 0.3 is 0 Å². The van der Waals surface area contributed by atoms with Gasteiger partial charge in [-0.3, -0.25) is 9.59 Å². The van der Waals surface area contributed by atoms with Gasteiger partial charge in [-0.05, 0) is 50.1 Å². The molecule has 1 aromatic heterocycles. The van der Waals surface area contributed by atoms with Crippen LogP contribution in [-0.2, 0) is 4.79 Å². The van der Waals surface area contributed by atoms with Crippen LogP contribution in [-0.4, -0.2) is 49.0 Å². The maximum Gasteiger partial charge on any atom is 0.253 e. The summed E-state index contributed by atoms with van der Waals surface area (Å²) in [7, 11) is 3.21. The van der Waals surface area contributed by atoms with Crippen LogP contribution >= 0.6 is 11.3 Å². The number of benzene rings is 2. The fourth-order valence-electron chi connectivity index (χ4n) is 3.93. The maximum absolute atomic E-state index is 13.0. The minimum Gasteiger partial charge on any atom is -0.497 e. The Hall–Kier alpha value is -3.39. The predicted molar refractivity (Wildman–Crippen MR) is 129 cm³/mol. The van der Waals surface area contributed by atoms with Crippen LogP contribution in [0, 0.1) is 12.8 Å². The van der Waals surface area contributed by atoms with E-state index in [1.165, 1.54) is 11.3 Å². The molecule has 2 aromatic carbocycles. The van der Waals surface area contributed by atoms with Gasteiger partial charge in [-0.15, -0.1) is 11.3 Å². The second kappa shape index (κ2) is 10.0. The third-order valence-corrected chi connectivity index (χ3v) is 6.55. The van der Waals surface area contributed by atoms with Crippen molar-refractivity contribution in [3.63, 3.8) is 0 Å². The summed E-state index contributed by atoms with van der Waals surface area (Å²) in [5.41, 5.74) is 3.25. The van der Waals surface area contributed by atoms with Crippen LogP contribution in [0.5, 0.6) is 11.5 Å². The molecule has 3 aromatic rings. The van der Waals surface area contributed by atoms with Gasteiger partial charge < -0.3 is 19.7 Å². The molecule has 0 bridgehead atoms. The molecule has 1 aliphatic rings. The average Bonchev–Trinajstić information content (AvgIpc) is 3.32. The number of piperidine rings is 1. The van der Waals surface area contributed by atoms with Gasteiger partial charge in [-0.25, -0.2) is 4.98 Å². The Labute approximate surface area is 197 Å². The van der Waals surface area contributed by atoms with E-state index in [2.05, 4.69) is 10.3 Å². The number of amides is 2. The second-order valence-corrected chi connectivity index (χ2v) is 8.91. The molecule has 1 unspecified atom stereocenters. The van der Waals surface area contributed by atoms with Gasteiger partial charge in [-0.1, -0.05) is 17.7 Å². The van der Waals surface area contributed by atoms with Crippen molar-refractivity contribution in [1.29, 1.82) is 0 Å². The van der Waals surface area contributed by atoms with E-state index in [9.17, 15) is 9.59 Å². The first-order valence-corrected chi connectivity index (χ1v) is 11.7. The monoisotopic (exact) mass is 465 g/mol. The molecule has 1 N–H and O–H groups in total. The van der Waals surface area contributed by atoms with Gasteiger partial charge in [0.2, 0.25) is 5.91 Å². The summed E-state index contributed by atoms with van der Waals surface area (Å²) in [6.07, 6.45) is 1.53. The number of thiazole rings is 1. The van der Waals surface area contributed by atoms with E-state index in [0.29, 0.717) is 41.0 Å². The van der Waals surface area contributed by atoms with Crippen molar-refractivity contribution < 1.29 is 19.1 Å². The molecule has 7 nitrogen and oxygen atoms in total. The molecular weight excluding hydrogens is 438 g/mol. The van der Waals surface area contributed by atoms with Crippen LogP contribution in [0.25, 0.3) is 11.3 Å². The van der Waals surface area contributed by atoms with Crippen molar-refractivity contribution in [2.45, 2.75) is 19.8 Å². The maximum atomic E-state index is 13.0. The lowest BCUT2D eigenvalue weighted by molar-refractivity contribution is -0.121. The predicted octanol–water partition coefficient (Wildman–Crippen LogP) is 4.63. The Balaban J connectivity index is 1.43. The fourth-order valence-corrected chi connectivity index (χ4v) is 4.64. The summed E-state index contributed by atoms with van der Waals surface area (Å²) >= 11 is 1.35. The topological polar surface area (TPSA) is 80.8 Å². The normalized spacial score (nSPS) is 15.7. The van der Waals surface area contributed by atoms with E-state index in [0.717, 1.165) is 24.0 Å². The average molecular weight is 466 g/mol. The molecule has 172 valence electrons. The zero-order valence-electron chi connectivity index (χ0n) is 19.0. The molecule has 1 saturated heterocycles. The fraction of sp³-hybridized carbons (Fsp3) is 0.320. The van der Waals surface area contributed by atoms with Crippen molar-refractivity contribution in [1.82, 2.24) is 9.88 Å². The van der Waals surface area contributed by atoms with E-state index in [-0.39, 0.29) is 17.7 Å². The summed E-state index contributed by atoms with van der Waals surface area (Å²) in [6.45, 7) is 3.05. The standard InChI is InChI=1S/C25H27N3O4S/c1-16-6-8-17(9-7-16)24(30)28-12-4-5-18(14-28)23(29)27-25-26-21(15-33-25)20-13-19(31-2)10-11-22(20)32-3/h6-11,13,15,18H,4-5,12,14H2,1-3H3,(H,26,27,29). The lowest BCUT2D eigenvalue weighted by atomic mass is 9.96. The van der Waals surface area contributed by atoms with Crippen molar-refractivity contribution in [2.75, 3.05) is 32.6 Å². The number of hydrogen-bond acceptors (Lipinski definition) is 6. The van der Waals surface area contributed by atoms with Gasteiger partial charge in [0.15, 0.2) is 5.13 Å². The number of anilines is 1. The first-order chi connectivity index (χ1) is 16.0. The van der Waals surface area contributed by atoms with E-state index in [1.54, 1.807) is 19.1 Å². The number of nitrogens with one attached hydrogen (secondary N) is 1. The van der Waals surface area contributed by atoms with Gasteiger partial charge in [0.25, 0.3) is 5.91 Å². The van der Waals surface area contributed by atoms with Crippen molar-refractivity contribution in [3.05, 3.63) is 59.0 Å². The molecule has 0 aliphatic carbocycles. The number of carbonyl (C=O) groups is 2. The number of ether oxygens (including phenoxy) is 2. The summed E-state index contributed by atoms with van der Waals surface area (Å²) < 4.78 is 10.8. The van der Waals surface area contributed by atoms with Crippen LogP contribution in [0.15, 0.2) is 47.8 Å². The van der Waals surface area contributed by atoms with Crippen LogP contribution in [0.2, 0.25) is 0 Å². The van der Waals surface area contributed by atoms with E-state index in [1.807, 2.05) is 54.8 Å². The van der Waals surface area contributed by atoms with Gasteiger partial charge in [0.1, 0.15) is 11.5 Å². The van der Waals surface area contributed by atoms with Crippen LogP contribution in [0.3, 0.4) is 0 Å². The van der Waals surface area contributed by atoms with Gasteiger partial charge in [0, 0.05) is 29.6 Å². The number of methoxy groups -OCH3 is 2. The highest BCUT2D eigenvalue weighted by Crippen LogP contribution is 2.35. The van der Waals surface area contributed by atoms with E-state index < -0.39 is 0 Å². The Kier molecular flexibility index (Phi) is 6.93. The van der Waals surface area contributed by atoms with E-state index >= 15 is 0 Å². The van der Waals surface area contributed by atoms with Crippen LogP contribution in [0.1, 0.15) is 28.8 Å². The highest BCUT2D eigenvalue weighted by molar-refractivity contribution is 7.14. The number of aromatic nitrogens is 1. The first kappa shape index (κ1) is 22.8. The first-order valence-electron chi connectivity index (χ1n) is 10.8. The van der Waals surface area contributed by atoms with Gasteiger partial charge in [-0.2, -0.15) is 0 Å². The smallest absolute Gasteiger partial charge is 0.253 e. The highest BCUT2D eigenvalue weighted by atomic mass is 32.1. The summed E-state index contributed by atoms with van der Waals surface area (Å²) in [5.74, 6) is 0.956. The molecule has 1 atom stereocenters. The molecule has 2 heterocycles. The van der Waals surface area contributed by atoms with Crippen LogP contribution in [0.4, 0.5) is 5.13 Å². The van der Waals surface area contributed by atoms with Gasteiger partial charge in [0.05, 0.1) is 25.8 Å². The van der Waals surface area contributed by atoms with Crippen LogP contribution < -0.4 is 14.8 Å². The van der Waals surface area contributed by atoms with Crippen molar-refractivity contribution in [3.8, 4) is 22.8 Å². The Bertz CT molecular complexity index is 1140. The summed E-state index contributed by atoms with van der Waals surface area (Å²) in [5, 5.41) is 5.32. The minimum atomic E-state index is -0.271.